The van der Waals surface area contributed by atoms with Gasteiger partial charge in [0.2, 0.25) is 0 Å². The molecule has 0 aromatic rings. The molecule has 0 spiro atoms. The minimum atomic E-state index is -0.643. The first-order chi connectivity index (χ1) is 7.65. The van der Waals surface area contributed by atoms with Crippen molar-refractivity contribution in [3.63, 3.8) is 0 Å². The third-order valence-electron chi connectivity index (χ3n) is 3.76. The van der Waals surface area contributed by atoms with Crippen LogP contribution >= 0.6 is 11.8 Å². The Kier molecular flexibility index (Phi) is 3.77. The van der Waals surface area contributed by atoms with Crippen molar-refractivity contribution in [1.29, 1.82) is 0 Å². The highest BCUT2D eigenvalue weighted by Crippen LogP contribution is 2.34. The number of aliphatic carboxylic acids is 1. The van der Waals surface area contributed by atoms with Crippen LogP contribution in [0.25, 0.3) is 0 Å². The van der Waals surface area contributed by atoms with Crippen molar-refractivity contribution >= 4 is 17.7 Å². The number of rotatable bonds is 2. The Morgan fingerprint density at radius 3 is 2.62 bits per heavy atom. The summed E-state index contributed by atoms with van der Waals surface area (Å²) < 4.78 is 0. The summed E-state index contributed by atoms with van der Waals surface area (Å²) in [5.74, 6) is 1.19. The first kappa shape index (κ1) is 12.2. The summed E-state index contributed by atoms with van der Waals surface area (Å²) in [7, 11) is 0. The Hall–Kier alpha value is -0.260. The minimum Gasteiger partial charge on any atom is -0.480 e. The van der Waals surface area contributed by atoms with E-state index in [0.29, 0.717) is 0 Å². The van der Waals surface area contributed by atoms with Gasteiger partial charge in [0, 0.05) is 24.9 Å². The van der Waals surface area contributed by atoms with Crippen LogP contribution in [0.3, 0.4) is 0 Å². The van der Waals surface area contributed by atoms with E-state index < -0.39 is 11.5 Å². The highest BCUT2D eigenvalue weighted by atomic mass is 32.2. The van der Waals surface area contributed by atoms with Gasteiger partial charge < -0.3 is 10.8 Å². The molecule has 2 aliphatic rings. The molecule has 0 aliphatic carbocycles. The summed E-state index contributed by atoms with van der Waals surface area (Å²) in [4.78, 5) is 13.7. The summed E-state index contributed by atoms with van der Waals surface area (Å²) in [5, 5.41) is 9.52. The summed E-state index contributed by atoms with van der Waals surface area (Å²) >= 11 is 1.77. The molecule has 92 valence electrons. The number of thioether (sulfide) groups is 1. The third kappa shape index (κ3) is 2.21. The summed E-state index contributed by atoms with van der Waals surface area (Å²) in [5.41, 5.74) is 5.26. The van der Waals surface area contributed by atoms with Crippen molar-refractivity contribution in [3.8, 4) is 0 Å². The van der Waals surface area contributed by atoms with E-state index in [0.717, 1.165) is 50.3 Å². The molecule has 2 fully saturated rings. The summed E-state index contributed by atoms with van der Waals surface area (Å²) in [6.45, 7) is 1.68. The molecule has 0 radical (unpaired) electrons. The lowest BCUT2D eigenvalue weighted by Crippen LogP contribution is -2.60. The molecule has 0 amide bonds. The molecule has 0 saturated carbocycles. The highest BCUT2D eigenvalue weighted by molar-refractivity contribution is 7.99. The number of likely N-dealkylation sites (tertiary alicyclic amines) is 1. The maximum atomic E-state index is 11.6. The minimum absolute atomic E-state index is 0.262. The predicted molar refractivity (Wildman–Crippen MR) is 65.7 cm³/mol. The van der Waals surface area contributed by atoms with Gasteiger partial charge in [0.05, 0.1) is 0 Å². The van der Waals surface area contributed by atoms with Gasteiger partial charge in [0.15, 0.2) is 0 Å². The molecule has 5 heteroatoms. The van der Waals surface area contributed by atoms with E-state index in [1.54, 1.807) is 11.8 Å². The molecule has 0 bridgehead atoms. The Morgan fingerprint density at radius 2 is 2.12 bits per heavy atom. The number of carboxylic acids is 1. The van der Waals surface area contributed by atoms with Crippen LogP contribution < -0.4 is 5.73 Å². The van der Waals surface area contributed by atoms with Gasteiger partial charge in [-0.3, -0.25) is 9.69 Å². The van der Waals surface area contributed by atoms with E-state index in [4.69, 9.17) is 5.73 Å². The number of hydrogen-bond acceptors (Lipinski definition) is 4. The van der Waals surface area contributed by atoms with Crippen molar-refractivity contribution in [1.82, 2.24) is 4.90 Å². The Balaban J connectivity index is 2.09. The molecule has 2 aliphatic heterocycles. The fraction of sp³-hybridized carbons (Fsp3) is 0.909. The molecule has 3 N–H and O–H groups in total. The molecule has 1 atom stereocenters. The maximum Gasteiger partial charge on any atom is 0.324 e. The molecular weight excluding hydrogens is 224 g/mol. The van der Waals surface area contributed by atoms with Crippen LogP contribution in [0, 0.1) is 0 Å². The van der Waals surface area contributed by atoms with Crippen molar-refractivity contribution in [2.24, 2.45) is 5.73 Å². The van der Waals surface area contributed by atoms with Crippen LogP contribution in [0.5, 0.6) is 0 Å². The molecular formula is C11H20N2O2S. The molecule has 0 aromatic carbocycles. The fourth-order valence-corrected chi connectivity index (χ4v) is 3.94. The SMILES string of the molecule is NC1CCN(C2(C(=O)O)CCCSC2)CC1. The molecule has 4 nitrogen and oxygen atoms in total. The third-order valence-corrected chi connectivity index (χ3v) is 5.02. The van der Waals surface area contributed by atoms with E-state index in [-0.39, 0.29) is 6.04 Å². The van der Waals surface area contributed by atoms with E-state index in [1.807, 2.05) is 0 Å². The maximum absolute atomic E-state index is 11.6. The van der Waals surface area contributed by atoms with E-state index in [2.05, 4.69) is 4.90 Å². The summed E-state index contributed by atoms with van der Waals surface area (Å²) in [6, 6.07) is 0.262. The van der Waals surface area contributed by atoms with Gasteiger partial charge in [-0.25, -0.2) is 0 Å². The monoisotopic (exact) mass is 244 g/mol. The fourth-order valence-electron chi connectivity index (χ4n) is 2.66. The van der Waals surface area contributed by atoms with Crippen LogP contribution in [0.4, 0.5) is 0 Å². The van der Waals surface area contributed by atoms with Crippen LogP contribution in [-0.2, 0) is 4.79 Å². The van der Waals surface area contributed by atoms with E-state index in [9.17, 15) is 9.90 Å². The van der Waals surface area contributed by atoms with Gasteiger partial charge in [-0.15, -0.1) is 0 Å². The van der Waals surface area contributed by atoms with Crippen LogP contribution in [0.15, 0.2) is 0 Å². The lowest BCUT2D eigenvalue weighted by molar-refractivity contribution is -0.151. The zero-order chi connectivity index (χ0) is 11.6. The lowest BCUT2D eigenvalue weighted by atomic mass is 9.90. The molecule has 2 saturated heterocycles. The van der Waals surface area contributed by atoms with E-state index >= 15 is 0 Å². The molecule has 2 rings (SSSR count). The highest BCUT2D eigenvalue weighted by Gasteiger charge is 2.45. The standard InChI is InChI=1S/C11H20N2O2S/c12-9-2-5-13(6-3-9)11(10(14)15)4-1-7-16-8-11/h9H,1-8,12H2,(H,14,15). The Labute approximate surface area is 101 Å². The lowest BCUT2D eigenvalue weighted by Gasteiger charge is -2.45. The molecule has 0 aromatic heterocycles. The Bertz CT molecular complexity index is 259. The molecule has 1 unspecified atom stereocenters. The van der Waals surface area contributed by atoms with Gasteiger partial charge >= 0.3 is 5.97 Å². The predicted octanol–water partition coefficient (Wildman–Crippen LogP) is 0.760. The first-order valence-corrected chi connectivity index (χ1v) is 7.12. The average Bonchev–Trinajstić information content (AvgIpc) is 2.30. The number of nitrogens with two attached hydrogens (primary N) is 1. The second-order valence-corrected chi connectivity index (χ2v) is 5.92. The quantitative estimate of drug-likeness (QED) is 0.750. The Morgan fingerprint density at radius 1 is 1.44 bits per heavy atom. The molecule has 2 heterocycles. The number of hydrogen-bond donors (Lipinski definition) is 2. The van der Waals surface area contributed by atoms with Crippen LogP contribution in [0.2, 0.25) is 0 Å². The van der Waals surface area contributed by atoms with E-state index in [1.165, 1.54) is 0 Å². The van der Waals surface area contributed by atoms with Crippen molar-refractivity contribution in [2.75, 3.05) is 24.6 Å². The van der Waals surface area contributed by atoms with Crippen molar-refractivity contribution < 1.29 is 9.90 Å². The first-order valence-electron chi connectivity index (χ1n) is 5.97. The largest absolute Gasteiger partial charge is 0.480 e. The van der Waals surface area contributed by atoms with Crippen molar-refractivity contribution in [3.05, 3.63) is 0 Å². The average molecular weight is 244 g/mol. The van der Waals surface area contributed by atoms with Gasteiger partial charge in [-0.1, -0.05) is 0 Å². The smallest absolute Gasteiger partial charge is 0.324 e. The van der Waals surface area contributed by atoms with Crippen molar-refractivity contribution in [2.45, 2.75) is 37.3 Å². The van der Waals surface area contributed by atoms with Gasteiger partial charge in [0.25, 0.3) is 0 Å². The van der Waals surface area contributed by atoms with Gasteiger partial charge in [-0.2, -0.15) is 11.8 Å². The topological polar surface area (TPSA) is 66.6 Å². The zero-order valence-electron chi connectivity index (χ0n) is 9.52. The normalized spacial score (nSPS) is 33.8. The number of carboxylic acid groups (broad SMARTS) is 1. The second-order valence-electron chi connectivity index (χ2n) is 4.82. The van der Waals surface area contributed by atoms with Gasteiger partial charge in [0.1, 0.15) is 5.54 Å². The van der Waals surface area contributed by atoms with Gasteiger partial charge in [-0.05, 0) is 31.4 Å². The zero-order valence-corrected chi connectivity index (χ0v) is 10.3. The van der Waals surface area contributed by atoms with Crippen LogP contribution in [-0.4, -0.2) is 52.2 Å². The number of nitrogens with zero attached hydrogens (tertiary/aromatic N) is 1. The second kappa shape index (κ2) is 4.94. The van der Waals surface area contributed by atoms with Crippen LogP contribution in [0.1, 0.15) is 25.7 Å². The number of piperidine rings is 1. The summed E-state index contributed by atoms with van der Waals surface area (Å²) in [6.07, 6.45) is 3.67. The molecule has 16 heavy (non-hydrogen) atoms. The number of carbonyl (C=O) groups is 1.